The summed E-state index contributed by atoms with van der Waals surface area (Å²) < 4.78 is 4.68. The lowest BCUT2D eigenvalue weighted by atomic mass is 10.0. The highest BCUT2D eigenvalue weighted by Gasteiger charge is 2.42. The summed E-state index contributed by atoms with van der Waals surface area (Å²) in [7, 11) is 0. The van der Waals surface area contributed by atoms with Crippen molar-refractivity contribution in [3.63, 3.8) is 0 Å². The normalized spacial score (nSPS) is 14.5. The SMILES string of the molecule is CCCCOC(=O)C(N)(CN)C(=O)O. The Labute approximate surface area is 82.2 Å². The molecule has 6 nitrogen and oxygen atoms in total. The molecule has 0 bridgehead atoms. The maximum Gasteiger partial charge on any atom is 0.339 e. The largest absolute Gasteiger partial charge is 0.479 e. The van der Waals surface area contributed by atoms with Gasteiger partial charge in [0.2, 0.25) is 5.54 Å². The second-order valence-electron chi connectivity index (χ2n) is 2.97. The van der Waals surface area contributed by atoms with Gasteiger partial charge in [-0.1, -0.05) is 13.3 Å². The van der Waals surface area contributed by atoms with E-state index in [-0.39, 0.29) is 6.61 Å². The van der Waals surface area contributed by atoms with Crippen molar-refractivity contribution in [2.24, 2.45) is 11.5 Å². The molecule has 0 aromatic heterocycles. The van der Waals surface area contributed by atoms with Crippen molar-refractivity contribution in [2.75, 3.05) is 13.2 Å². The number of aliphatic carboxylic acids is 1. The van der Waals surface area contributed by atoms with Crippen molar-refractivity contribution in [1.29, 1.82) is 0 Å². The van der Waals surface area contributed by atoms with E-state index in [9.17, 15) is 9.59 Å². The van der Waals surface area contributed by atoms with Crippen LogP contribution in [0.3, 0.4) is 0 Å². The Morgan fingerprint density at radius 2 is 2.07 bits per heavy atom. The number of carbonyl (C=O) groups excluding carboxylic acids is 1. The Morgan fingerprint density at radius 1 is 1.50 bits per heavy atom. The van der Waals surface area contributed by atoms with Gasteiger partial charge in [0.1, 0.15) is 0 Å². The van der Waals surface area contributed by atoms with Crippen molar-refractivity contribution in [3.05, 3.63) is 0 Å². The number of ether oxygens (including phenoxy) is 1. The molecule has 1 unspecified atom stereocenters. The lowest BCUT2D eigenvalue weighted by molar-refractivity contribution is -0.160. The summed E-state index contributed by atoms with van der Waals surface area (Å²) >= 11 is 0. The second kappa shape index (κ2) is 5.56. The number of esters is 1. The molecule has 0 heterocycles. The summed E-state index contributed by atoms with van der Waals surface area (Å²) in [5, 5.41) is 8.65. The van der Waals surface area contributed by atoms with E-state index >= 15 is 0 Å². The van der Waals surface area contributed by atoms with E-state index in [2.05, 4.69) is 4.74 Å². The van der Waals surface area contributed by atoms with Crippen LogP contribution in [0.25, 0.3) is 0 Å². The zero-order valence-corrected chi connectivity index (χ0v) is 8.16. The summed E-state index contributed by atoms with van der Waals surface area (Å²) in [6.45, 7) is 1.61. The minimum atomic E-state index is -2.12. The van der Waals surface area contributed by atoms with Crippen LogP contribution in [0, 0.1) is 0 Å². The van der Waals surface area contributed by atoms with Crippen LogP contribution < -0.4 is 11.5 Å². The molecule has 0 aromatic rings. The van der Waals surface area contributed by atoms with Crippen LogP contribution in [0.15, 0.2) is 0 Å². The molecule has 14 heavy (non-hydrogen) atoms. The molecule has 0 amide bonds. The van der Waals surface area contributed by atoms with Gasteiger partial charge in [-0.15, -0.1) is 0 Å². The average Bonchev–Trinajstić information content (AvgIpc) is 2.16. The third kappa shape index (κ3) is 2.97. The number of carboxylic acid groups (broad SMARTS) is 1. The molecule has 0 aliphatic carbocycles. The molecule has 82 valence electrons. The van der Waals surface area contributed by atoms with E-state index in [1.54, 1.807) is 0 Å². The first kappa shape index (κ1) is 12.9. The van der Waals surface area contributed by atoms with Crippen LogP contribution >= 0.6 is 0 Å². The third-order valence-electron chi connectivity index (χ3n) is 1.80. The van der Waals surface area contributed by atoms with Crippen molar-refractivity contribution in [1.82, 2.24) is 0 Å². The molecule has 0 aromatic carbocycles. The zero-order chi connectivity index (χ0) is 11.2. The minimum absolute atomic E-state index is 0.168. The van der Waals surface area contributed by atoms with Gasteiger partial charge in [0.05, 0.1) is 6.61 Å². The van der Waals surface area contributed by atoms with Crippen molar-refractivity contribution in [2.45, 2.75) is 25.3 Å². The highest BCUT2D eigenvalue weighted by Crippen LogP contribution is 2.03. The van der Waals surface area contributed by atoms with E-state index < -0.39 is 24.0 Å². The Morgan fingerprint density at radius 3 is 2.43 bits per heavy atom. The topological polar surface area (TPSA) is 116 Å². The number of nitrogens with two attached hydrogens (primary N) is 2. The van der Waals surface area contributed by atoms with Gasteiger partial charge in [-0.3, -0.25) is 0 Å². The van der Waals surface area contributed by atoms with Gasteiger partial charge in [-0.05, 0) is 6.42 Å². The van der Waals surface area contributed by atoms with Crippen LogP contribution in [0.4, 0.5) is 0 Å². The predicted octanol–water partition coefficient (Wildman–Crippen LogP) is -0.929. The molecule has 5 N–H and O–H groups in total. The first-order chi connectivity index (χ1) is 6.49. The Bertz CT molecular complexity index is 219. The standard InChI is InChI=1S/C8H16N2O4/c1-2-3-4-14-7(13)8(10,5-9)6(11)12/h2-5,9-10H2,1H3,(H,11,12). The highest BCUT2D eigenvalue weighted by atomic mass is 16.5. The quantitative estimate of drug-likeness (QED) is 0.292. The van der Waals surface area contributed by atoms with Gasteiger partial charge in [-0.25, -0.2) is 9.59 Å². The summed E-state index contributed by atoms with van der Waals surface area (Å²) in [4.78, 5) is 21.8. The number of carbonyl (C=O) groups is 2. The predicted molar refractivity (Wildman–Crippen MR) is 49.5 cm³/mol. The van der Waals surface area contributed by atoms with E-state index in [0.29, 0.717) is 6.42 Å². The summed E-state index contributed by atoms with van der Waals surface area (Å²) in [6, 6.07) is 0. The fourth-order valence-electron chi connectivity index (χ4n) is 0.696. The fourth-order valence-corrected chi connectivity index (χ4v) is 0.696. The van der Waals surface area contributed by atoms with Crippen LogP contribution in [0.5, 0.6) is 0 Å². The first-order valence-electron chi connectivity index (χ1n) is 4.38. The van der Waals surface area contributed by atoms with Crippen LogP contribution in [0.1, 0.15) is 19.8 Å². The van der Waals surface area contributed by atoms with Crippen molar-refractivity contribution in [3.8, 4) is 0 Å². The molecule has 1 atom stereocenters. The fraction of sp³-hybridized carbons (Fsp3) is 0.750. The Hall–Kier alpha value is -1.14. The zero-order valence-electron chi connectivity index (χ0n) is 8.16. The first-order valence-corrected chi connectivity index (χ1v) is 4.38. The van der Waals surface area contributed by atoms with Gasteiger partial charge < -0.3 is 21.3 Å². The van der Waals surface area contributed by atoms with Gasteiger partial charge in [0.25, 0.3) is 0 Å². The molecule has 0 spiro atoms. The molecule has 0 saturated carbocycles. The summed E-state index contributed by atoms with van der Waals surface area (Å²) in [6.07, 6.45) is 1.52. The molecule has 0 rings (SSSR count). The maximum absolute atomic E-state index is 11.2. The molecule has 0 aliphatic rings. The Kier molecular flexibility index (Phi) is 5.11. The molecular formula is C8H16N2O4. The van der Waals surface area contributed by atoms with Gasteiger partial charge >= 0.3 is 11.9 Å². The van der Waals surface area contributed by atoms with Gasteiger partial charge in [-0.2, -0.15) is 0 Å². The second-order valence-corrected chi connectivity index (χ2v) is 2.97. The van der Waals surface area contributed by atoms with Gasteiger partial charge in [0.15, 0.2) is 0 Å². The number of rotatable bonds is 6. The van der Waals surface area contributed by atoms with E-state index in [0.717, 1.165) is 6.42 Å². The monoisotopic (exact) mass is 204 g/mol. The third-order valence-corrected chi connectivity index (χ3v) is 1.80. The van der Waals surface area contributed by atoms with Crippen molar-refractivity contribution >= 4 is 11.9 Å². The number of unbranched alkanes of at least 4 members (excludes halogenated alkanes) is 1. The lowest BCUT2D eigenvalue weighted by Gasteiger charge is -2.20. The lowest BCUT2D eigenvalue weighted by Crippen LogP contribution is -2.60. The van der Waals surface area contributed by atoms with E-state index in [1.807, 2.05) is 6.92 Å². The summed E-state index contributed by atoms with van der Waals surface area (Å²) in [5.41, 5.74) is 8.26. The number of carboxylic acids is 1. The smallest absolute Gasteiger partial charge is 0.339 e. The molecule has 6 heteroatoms. The number of hydrogen-bond acceptors (Lipinski definition) is 5. The summed E-state index contributed by atoms with van der Waals surface area (Å²) in [5.74, 6) is -2.46. The van der Waals surface area contributed by atoms with E-state index in [4.69, 9.17) is 16.6 Å². The molecule has 0 fully saturated rings. The molecule has 0 radical (unpaired) electrons. The molecule has 0 saturated heterocycles. The maximum atomic E-state index is 11.2. The molecule has 0 aliphatic heterocycles. The Balaban J connectivity index is 4.25. The van der Waals surface area contributed by atoms with Crippen LogP contribution in [-0.2, 0) is 14.3 Å². The van der Waals surface area contributed by atoms with E-state index in [1.165, 1.54) is 0 Å². The average molecular weight is 204 g/mol. The molecular weight excluding hydrogens is 188 g/mol. The van der Waals surface area contributed by atoms with Gasteiger partial charge in [0, 0.05) is 6.54 Å². The minimum Gasteiger partial charge on any atom is -0.479 e. The number of hydrogen-bond donors (Lipinski definition) is 3. The van der Waals surface area contributed by atoms with Crippen LogP contribution in [0.2, 0.25) is 0 Å². The van der Waals surface area contributed by atoms with Crippen molar-refractivity contribution < 1.29 is 19.4 Å². The van der Waals surface area contributed by atoms with Crippen LogP contribution in [-0.4, -0.2) is 35.7 Å². The highest BCUT2D eigenvalue weighted by molar-refractivity contribution is 6.04.